The number of carbonyl (C=O) groups excluding carboxylic acids is 2. The van der Waals surface area contributed by atoms with Crippen molar-refractivity contribution in [2.24, 2.45) is 0 Å². The number of para-hydroxylation sites is 1. The Kier molecular flexibility index (Phi) is 5.49. The Labute approximate surface area is 159 Å². The fourth-order valence-corrected chi connectivity index (χ4v) is 3.23. The first-order valence-electron chi connectivity index (χ1n) is 9.11. The van der Waals surface area contributed by atoms with Crippen molar-refractivity contribution >= 4 is 11.7 Å². The molecule has 5 nitrogen and oxygen atoms in total. The molecule has 5 heteroatoms. The van der Waals surface area contributed by atoms with E-state index in [4.69, 9.17) is 9.47 Å². The number of amides is 1. The van der Waals surface area contributed by atoms with Crippen molar-refractivity contribution < 1.29 is 19.1 Å². The van der Waals surface area contributed by atoms with Gasteiger partial charge >= 0.3 is 0 Å². The fourth-order valence-electron chi connectivity index (χ4n) is 3.23. The van der Waals surface area contributed by atoms with Crippen LogP contribution in [0.1, 0.15) is 31.9 Å². The van der Waals surface area contributed by atoms with Crippen molar-refractivity contribution in [2.45, 2.75) is 45.3 Å². The lowest BCUT2D eigenvalue weighted by atomic mass is 10.0. The monoisotopic (exact) mass is 367 g/mol. The largest absolute Gasteiger partial charge is 0.483 e. The number of ketones is 1. The molecule has 0 saturated carbocycles. The molecule has 0 aliphatic carbocycles. The van der Waals surface area contributed by atoms with Crippen molar-refractivity contribution in [1.29, 1.82) is 0 Å². The molecular formula is C22H25NO4. The maximum Gasteiger partial charge on any atom is 0.258 e. The van der Waals surface area contributed by atoms with Gasteiger partial charge in [0.05, 0.1) is 6.04 Å². The molecule has 142 valence electrons. The summed E-state index contributed by atoms with van der Waals surface area (Å²) in [5, 5.41) is 2.76. The van der Waals surface area contributed by atoms with Gasteiger partial charge in [-0.2, -0.15) is 0 Å². The van der Waals surface area contributed by atoms with Gasteiger partial charge in [-0.25, -0.2) is 0 Å². The van der Waals surface area contributed by atoms with E-state index in [1.54, 1.807) is 6.07 Å². The van der Waals surface area contributed by atoms with Crippen LogP contribution >= 0.6 is 0 Å². The first-order chi connectivity index (χ1) is 12.8. The zero-order valence-corrected chi connectivity index (χ0v) is 16.0. The van der Waals surface area contributed by atoms with E-state index >= 15 is 0 Å². The summed E-state index contributed by atoms with van der Waals surface area (Å²) in [6.07, 6.45) is 1.26. The Morgan fingerprint density at radius 2 is 1.89 bits per heavy atom. The predicted octanol–water partition coefficient (Wildman–Crippen LogP) is 3.10. The van der Waals surface area contributed by atoms with Crippen molar-refractivity contribution in [1.82, 2.24) is 5.32 Å². The van der Waals surface area contributed by atoms with Crippen LogP contribution in [0.25, 0.3) is 0 Å². The summed E-state index contributed by atoms with van der Waals surface area (Å²) in [6, 6.07) is 14.7. The summed E-state index contributed by atoms with van der Waals surface area (Å²) in [7, 11) is 0. The maximum atomic E-state index is 12.3. The van der Waals surface area contributed by atoms with Gasteiger partial charge < -0.3 is 14.8 Å². The highest BCUT2D eigenvalue weighted by Gasteiger charge is 2.32. The predicted molar refractivity (Wildman–Crippen MR) is 103 cm³/mol. The first-order valence-corrected chi connectivity index (χ1v) is 9.11. The Bertz CT molecular complexity index is 829. The summed E-state index contributed by atoms with van der Waals surface area (Å²) < 4.78 is 11.6. The van der Waals surface area contributed by atoms with Gasteiger partial charge in [-0.3, -0.25) is 9.59 Å². The Balaban J connectivity index is 1.60. The van der Waals surface area contributed by atoms with Crippen molar-refractivity contribution in [2.75, 3.05) is 6.61 Å². The standard InChI is InChI=1S/C22H25NO4/c1-15(24)18(12-16-8-5-4-6-9-16)23-20(25)14-26-19-11-7-10-17-13-22(2,3)27-21(17)19/h4-11,18H,12-14H2,1-3H3,(H,23,25)/t18-/m0/s1. The highest BCUT2D eigenvalue weighted by molar-refractivity contribution is 5.88. The minimum absolute atomic E-state index is 0.0853. The molecule has 1 N–H and O–H groups in total. The average molecular weight is 367 g/mol. The molecule has 0 spiro atoms. The summed E-state index contributed by atoms with van der Waals surface area (Å²) >= 11 is 0. The van der Waals surface area contributed by atoms with E-state index in [1.165, 1.54) is 6.92 Å². The van der Waals surface area contributed by atoms with Crippen LogP contribution in [0.3, 0.4) is 0 Å². The smallest absolute Gasteiger partial charge is 0.258 e. The number of Topliss-reactive ketones (excluding diaryl/α,β-unsaturated/α-hetero) is 1. The SMILES string of the molecule is CC(=O)[C@H](Cc1ccccc1)NC(=O)COc1cccc2c1OC(C)(C)C2. The first kappa shape index (κ1) is 19.0. The molecule has 1 aliphatic rings. The van der Waals surface area contributed by atoms with Gasteiger partial charge in [0.2, 0.25) is 0 Å². The lowest BCUT2D eigenvalue weighted by Crippen LogP contribution is -2.43. The Morgan fingerprint density at radius 1 is 1.15 bits per heavy atom. The molecule has 2 aromatic rings. The van der Waals surface area contributed by atoms with E-state index in [9.17, 15) is 9.59 Å². The van der Waals surface area contributed by atoms with Crippen molar-refractivity contribution in [3.05, 3.63) is 59.7 Å². The quantitative estimate of drug-likeness (QED) is 0.817. The highest BCUT2D eigenvalue weighted by atomic mass is 16.5. The van der Waals surface area contributed by atoms with E-state index < -0.39 is 6.04 Å². The third-order valence-electron chi connectivity index (χ3n) is 4.52. The summed E-state index contributed by atoms with van der Waals surface area (Å²) in [4.78, 5) is 24.2. The van der Waals surface area contributed by atoms with Crippen LogP contribution < -0.4 is 14.8 Å². The summed E-state index contributed by atoms with van der Waals surface area (Å²) in [6.45, 7) is 5.35. The molecular weight excluding hydrogens is 342 g/mol. The molecule has 0 fully saturated rings. The highest BCUT2D eigenvalue weighted by Crippen LogP contribution is 2.41. The lowest BCUT2D eigenvalue weighted by molar-refractivity contribution is -0.128. The second-order valence-electron chi connectivity index (χ2n) is 7.49. The number of ether oxygens (including phenoxy) is 2. The van der Waals surface area contributed by atoms with E-state index in [1.807, 2.05) is 56.3 Å². The number of carbonyl (C=O) groups is 2. The van der Waals surface area contributed by atoms with E-state index in [2.05, 4.69) is 5.32 Å². The van der Waals surface area contributed by atoms with Crippen LogP contribution in [-0.2, 0) is 22.4 Å². The molecule has 3 rings (SSSR count). The lowest BCUT2D eigenvalue weighted by Gasteiger charge is -2.19. The molecule has 0 saturated heterocycles. The molecule has 27 heavy (non-hydrogen) atoms. The Hall–Kier alpha value is -2.82. The van der Waals surface area contributed by atoms with E-state index in [0.29, 0.717) is 17.9 Å². The molecule has 1 aliphatic heterocycles. The zero-order valence-electron chi connectivity index (χ0n) is 16.0. The van der Waals surface area contributed by atoms with Crippen LogP contribution in [0.2, 0.25) is 0 Å². The molecule has 2 aromatic carbocycles. The van der Waals surface area contributed by atoms with Gasteiger partial charge in [0.1, 0.15) is 5.60 Å². The number of fused-ring (bicyclic) bond motifs is 1. The second kappa shape index (κ2) is 7.82. The van der Waals surface area contributed by atoms with Gasteiger partial charge in [-0.05, 0) is 38.8 Å². The van der Waals surface area contributed by atoms with Crippen molar-refractivity contribution in [3.63, 3.8) is 0 Å². The van der Waals surface area contributed by atoms with E-state index in [0.717, 1.165) is 17.5 Å². The summed E-state index contributed by atoms with van der Waals surface area (Å²) in [5.41, 5.74) is 1.79. The number of hydrogen-bond acceptors (Lipinski definition) is 4. The molecule has 0 unspecified atom stereocenters. The zero-order chi connectivity index (χ0) is 19.4. The fraction of sp³-hybridized carbons (Fsp3) is 0.364. The van der Waals surface area contributed by atoms with E-state index in [-0.39, 0.29) is 23.9 Å². The minimum atomic E-state index is -0.569. The number of benzene rings is 2. The normalized spacial score (nSPS) is 15.4. The Morgan fingerprint density at radius 3 is 2.59 bits per heavy atom. The van der Waals surface area contributed by atoms with Crippen LogP contribution in [0.15, 0.2) is 48.5 Å². The average Bonchev–Trinajstić information content (AvgIpc) is 2.94. The molecule has 1 heterocycles. The number of nitrogens with one attached hydrogen (secondary N) is 1. The van der Waals surface area contributed by atoms with Crippen molar-refractivity contribution in [3.8, 4) is 11.5 Å². The van der Waals surface area contributed by atoms with Gasteiger partial charge in [-0.1, -0.05) is 42.5 Å². The minimum Gasteiger partial charge on any atom is -0.483 e. The summed E-state index contributed by atoms with van der Waals surface area (Å²) in [5.74, 6) is 0.831. The molecule has 0 radical (unpaired) electrons. The van der Waals surface area contributed by atoms with Crippen LogP contribution in [0, 0.1) is 0 Å². The third-order valence-corrected chi connectivity index (χ3v) is 4.52. The van der Waals surface area contributed by atoms with Gasteiger partial charge in [-0.15, -0.1) is 0 Å². The molecule has 0 bridgehead atoms. The van der Waals surface area contributed by atoms with Gasteiger partial charge in [0.25, 0.3) is 5.91 Å². The molecule has 1 amide bonds. The van der Waals surface area contributed by atoms with Crippen LogP contribution in [0.5, 0.6) is 11.5 Å². The van der Waals surface area contributed by atoms with Crippen LogP contribution in [0.4, 0.5) is 0 Å². The topological polar surface area (TPSA) is 64.6 Å². The molecule has 0 aromatic heterocycles. The third kappa shape index (κ3) is 4.88. The van der Waals surface area contributed by atoms with Gasteiger partial charge in [0.15, 0.2) is 23.9 Å². The van der Waals surface area contributed by atoms with Gasteiger partial charge in [0, 0.05) is 12.0 Å². The maximum absolute atomic E-state index is 12.3. The second-order valence-corrected chi connectivity index (χ2v) is 7.49. The van der Waals surface area contributed by atoms with Crippen LogP contribution in [-0.4, -0.2) is 29.9 Å². The number of rotatable bonds is 7. The molecule has 1 atom stereocenters. The number of hydrogen-bond donors (Lipinski definition) is 1.